The predicted octanol–water partition coefficient (Wildman–Crippen LogP) is 5.27. The third kappa shape index (κ3) is 4.34. The molecule has 1 aliphatic rings. The highest BCUT2D eigenvalue weighted by Crippen LogP contribution is 2.40. The minimum Gasteiger partial charge on any atom is -0.484 e. The highest BCUT2D eigenvalue weighted by Gasteiger charge is 2.35. The molecule has 180 valence electrons. The van der Waals surface area contributed by atoms with Gasteiger partial charge in [-0.05, 0) is 24.6 Å². The molecular formula is C24H20F3N5O2S. The van der Waals surface area contributed by atoms with Gasteiger partial charge in [0, 0.05) is 30.2 Å². The van der Waals surface area contributed by atoms with E-state index in [4.69, 9.17) is 10.5 Å². The quantitative estimate of drug-likeness (QED) is 0.378. The summed E-state index contributed by atoms with van der Waals surface area (Å²) in [7, 11) is 0. The Morgan fingerprint density at radius 1 is 1.34 bits per heavy atom. The number of nitrogens with two attached hydrogens (primary N) is 1. The zero-order chi connectivity index (χ0) is 24.7. The number of imidazole rings is 1. The van der Waals surface area contributed by atoms with E-state index in [-0.39, 0.29) is 22.1 Å². The molecule has 0 bridgehead atoms. The average molecular weight is 500 g/mol. The highest BCUT2D eigenvalue weighted by molar-refractivity contribution is 7.16. The van der Waals surface area contributed by atoms with Crippen molar-refractivity contribution in [3.8, 4) is 10.8 Å². The molecule has 4 aromatic rings. The lowest BCUT2D eigenvalue weighted by atomic mass is 9.92. The van der Waals surface area contributed by atoms with Gasteiger partial charge in [-0.1, -0.05) is 24.3 Å². The van der Waals surface area contributed by atoms with E-state index in [9.17, 15) is 18.0 Å². The Kier molecular flexibility index (Phi) is 5.72. The van der Waals surface area contributed by atoms with E-state index in [1.807, 2.05) is 16.8 Å². The Labute approximate surface area is 202 Å². The third-order valence-corrected chi connectivity index (χ3v) is 7.02. The Hall–Kier alpha value is -3.86. The van der Waals surface area contributed by atoms with Crippen molar-refractivity contribution in [2.75, 3.05) is 0 Å². The first-order valence-corrected chi connectivity index (χ1v) is 11.5. The molecule has 0 aliphatic heterocycles. The third-order valence-electron chi connectivity index (χ3n) is 5.89. The summed E-state index contributed by atoms with van der Waals surface area (Å²) in [5.41, 5.74) is 7.53. The topological polar surface area (TPSA) is 98.8 Å². The molecule has 0 spiro atoms. The molecular weight excluding hydrogens is 479 g/mol. The maximum atomic E-state index is 13.5. The van der Waals surface area contributed by atoms with Crippen molar-refractivity contribution in [3.63, 3.8) is 0 Å². The number of fused-ring (bicyclic) bond motifs is 1. The number of carbonyl (C=O) groups excluding carboxylic acids is 1. The molecule has 0 fully saturated rings. The van der Waals surface area contributed by atoms with Gasteiger partial charge in [-0.15, -0.1) is 11.3 Å². The van der Waals surface area contributed by atoms with Crippen LogP contribution in [0, 0.1) is 0 Å². The standard InChI is InChI=1S/C24H20F3N5O2S/c1-13(16-4-2-3-5-17(16)24(25,26)27)34-20-9-21(35-22(20)23(28)33)32-12-29-18-8-14(6-7-19(18)32)15-10-30-31-11-15/h2-7,9-14H,8H2,1H3,(H2,28,33)(H,30,31)/t13-,14?/m1/s1. The Balaban J connectivity index is 1.46. The summed E-state index contributed by atoms with van der Waals surface area (Å²) in [4.78, 5) is 16.8. The van der Waals surface area contributed by atoms with E-state index in [0.29, 0.717) is 11.4 Å². The van der Waals surface area contributed by atoms with Gasteiger partial charge in [-0.3, -0.25) is 14.5 Å². The number of benzene rings is 1. The van der Waals surface area contributed by atoms with Gasteiger partial charge >= 0.3 is 6.18 Å². The van der Waals surface area contributed by atoms with E-state index in [2.05, 4.69) is 21.3 Å². The zero-order valence-electron chi connectivity index (χ0n) is 18.4. The molecule has 7 nitrogen and oxygen atoms in total. The summed E-state index contributed by atoms with van der Waals surface area (Å²) < 4.78 is 48.1. The van der Waals surface area contributed by atoms with Crippen LogP contribution in [0.15, 0.2) is 55.1 Å². The second kappa shape index (κ2) is 8.73. The van der Waals surface area contributed by atoms with E-state index in [0.717, 1.165) is 34.4 Å². The predicted molar refractivity (Wildman–Crippen MR) is 125 cm³/mol. The monoisotopic (exact) mass is 499 g/mol. The molecule has 1 unspecified atom stereocenters. The van der Waals surface area contributed by atoms with E-state index in [1.165, 1.54) is 25.1 Å². The number of aromatic amines is 1. The van der Waals surface area contributed by atoms with Crippen molar-refractivity contribution >= 4 is 23.3 Å². The summed E-state index contributed by atoms with van der Waals surface area (Å²) in [5.74, 6) is -0.458. The van der Waals surface area contributed by atoms with Crippen LogP contribution in [-0.4, -0.2) is 25.7 Å². The molecule has 5 rings (SSSR count). The van der Waals surface area contributed by atoms with Crippen LogP contribution in [0.25, 0.3) is 11.1 Å². The fourth-order valence-electron chi connectivity index (χ4n) is 4.18. The van der Waals surface area contributed by atoms with Crippen molar-refractivity contribution in [3.05, 3.63) is 88.1 Å². The Morgan fingerprint density at radius 2 is 2.14 bits per heavy atom. The highest BCUT2D eigenvalue weighted by atomic mass is 32.1. The van der Waals surface area contributed by atoms with Gasteiger partial charge in [0.15, 0.2) is 0 Å². The minimum atomic E-state index is -4.53. The van der Waals surface area contributed by atoms with Gasteiger partial charge in [0.1, 0.15) is 28.1 Å². The number of nitrogens with zero attached hydrogens (tertiary/aromatic N) is 3. The first kappa shape index (κ1) is 22.9. The summed E-state index contributed by atoms with van der Waals surface area (Å²) >= 11 is 1.10. The first-order valence-electron chi connectivity index (χ1n) is 10.7. The SMILES string of the molecule is C[C@@H](Oc1cc(-n2cnc3c2C=CC(c2cn[nH]c2)C3)sc1C(N)=O)c1ccccc1C(F)(F)F. The number of halogens is 3. The second-order valence-electron chi connectivity index (χ2n) is 8.14. The Morgan fingerprint density at radius 3 is 2.86 bits per heavy atom. The van der Waals surface area contributed by atoms with Crippen molar-refractivity contribution in [1.82, 2.24) is 19.7 Å². The molecule has 1 aromatic carbocycles. The van der Waals surface area contributed by atoms with Crippen LogP contribution in [0.3, 0.4) is 0 Å². The maximum absolute atomic E-state index is 13.5. The zero-order valence-corrected chi connectivity index (χ0v) is 19.2. The maximum Gasteiger partial charge on any atom is 0.416 e. The average Bonchev–Trinajstić information content (AvgIpc) is 3.57. The molecule has 0 saturated heterocycles. The van der Waals surface area contributed by atoms with Crippen LogP contribution in [0.5, 0.6) is 5.75 Å². The number of thiophene rings is 1. The van der Waals surface area contributed by atoms with Gasteiger partial charge in [0.05, 0.1) is 23.1 Å². The number of H-pyrrole nitrogens is 1. The number of nitrogens with one attached hydrogen (secondary N) is 1. The fourth-order valence-corrected chi connectivity index (χ4v) is 5.11. The molecule has 3 heterocycles. The molecule has 0 saturated carbocycles. The number of hydrogen-bond donors (Lipinski definition) is 2. The fraction of sp³-hybridized carbons (Fsp3) is 0.208. The van der Waals surface area contributed by atoms with Crippen LogP contribution in [0.2, 0.25) is 0 Å². The lowest BCUT2D eigenvalue weighted by Crippen LogP contribution is -2.15. The number of rotatable bonds is 6. The van der Waals surface area contributed by atoms with Crippen molar-refractivity contribution in [2.45, 2.75) is 31.5 Å². The molecule has 1 amide bonds. The normalized spacial score (nSPS) is 16.2. The van der Waals surface area contributed by atoms with Crippen LogP contribution in [0.4, 0.5) is 13.2 Å². The number of alkyl halides is 3. The van der Waals surface area contributed by atoms with Gasteiger partial charge in [-0.2, -0.15) is 18.3 Å². The molecule has 35 heavy (non-hydrogen) atoms. The smallest absolute Gasteiger partial charge is 0.416 e. The molecule has 1 aliphatic carbocycles. The lowest BCUT2D eigenvalue weighted by molar-refractivity contribution is -0.138. The molecule has 11 heteroatoms. The number of primary amides is 1. The van der Waals surface area contributed by atoms with Gasteiger partial charge in [0.25, 0.3) is 5.91 Å². The van der Waals surface area contributed by atoms with E-state index < -0.39 is 23.8 Å². The summed E-state index contributed by atoms with van der Waals surface area (Å²) in [6.07, 6.45) is 4.46. The number of allylic oxidation sites excluding steroid dienone is 1. The number of ether oxygens (including phenoxy) is 1. The number of hydrogen-bond acceptors (Lipinski definition) is 5. The van der Waals surface area contributed by atoms with Gasteiger partial charge < -0.3 is 10.5 Å². The summed E-state index contributed by atoms with van der Waals surface area (Å²) in [6, 6.07) is 6.81. The van der Waals surface area contributed by atoms with Crippen LogP contribution < -0.4 is 10.5 Å². The minimum absolute atomic E-state index is 0.0311. The van der Waals surface area contributed by atoms with Crippen molar-refractivity contribution < 1.29 is 22.7 Å². The van der Waals surface area contributed by atoms with E-state index >= 15 is 0 Å². The second-order valence-corrected chi connectivity index (χ2v) is 9.17. The molecule has 0 radical (unpaired) electrons. The summed E-state index contributed by atoms with van der Waals surface area (Å²) in [6.45, 7) is 1.50. The van der Waals surface area contributed by atoms with Crippen molar-refractivity contribution in [1.29, 1.82) is 0 Å². The van der Waals surface area contributed by atoms with Crippen molar-refractivity contribution in [2.24, 2.45) is 5.73 Å². The van der Waals surface area contributed by atoms with Gasteiger partial charge in [-0.25, -0.2) is 4.98 Å². The van der Waals surface area contributed by atoms with Crippen LogP contribution >= 0.6 is 11.3 Å². The largest absolute Gasteiger partial charge is 0.484 e. The molecule has 3 N–H and O–H groups in total. The van der Waals surface area contributed by atoms with Gasteiger partial charge in [0.2, 0.25) is 0 Å². The number of aromatic nitrogens is 4. The first-order chi connectivity index (χ1) is 16.7. The summed E-state index contributed by atoms with van der Waals surface area (Å²) in [5, 5.41) is 7.43. The van der Waals surface area contributed by atoms with Crippen LogP contribution in [0.1, 0.15) is 56.7 Å². The number of carbonyl (C=O) groups is 1. The van der Waals surface area contributed by atoms with Crippen LogP contribution in [-0.2, 0) is 12.6 Å². The molecule has 3 aromatic heterocycles. The number of amides is 1. The Bertz CT molecular complexity index is 1400. The molecule has 2 atom stereocenters. The lowest BCUT2D eigenvalue weighted by Gasteiger charge is -2.19. The van der Waals surface area contributed by atoms with E-state index in [1.54, 1.807) is 18.6 Å².